The van der Waals surface area contributed by atoms with Crippen molar-refractivity contribution in [3.63, 3.8) is 0 Å². The van der Waals surface area contributed by atoms with Crippen molar-refractivity contribution in [2.24, 2.45) is 10.2 Å². The van der Waals surface area contributed by atoms with Crippen LogP contribution in [0.3, 0.4) is 0 Å². The predicted molar refractivity (Wildman–Crippen MR) is 222 cm³/mol. The summed E-state index contributed by atoms with van der Waals surface area (Å²) >= 11 is 0. The van der Waals surface area contributed by atoms with E-state index in [4.69, 9.17) is 19.1 Å². The first-order chi connectivity index (χ1) is 27.1. The Morgan fingerprint density at radius 3 is 1.22 bits per heavy atom. The molecule has 0 radical (unpaired) electrons. The second-order valence-corrected chi connectivity index (χ2v) is 18.9. The minimum Gasteiger partial charge on any atom is -0.462 e. The monoisotopic (exact) mass is 799 g/mol. The second kappa shape index (κ2) is 19.2. The number of esters is 2. The van der Waals surface area contributed by atoms with Crippen molar-refractivity contribution in [1.82, 2.24) is 10.1 Å². The van der Waals surface area contributed by atoms with Crippen LogP contribution in [0.4, 0.5) is 0 Å². The number of rotatable bonds is 18. The summed E-state index contributed by atoms with van der Waals surface area (Å²) < 4.78 is 11.5. The highest BCUT2D eigenvalue weighted by molar-refractivity contribution is 5.70. The molecule has 0 bridgehead atoms. The quantitative estimate of drug-likeness (QED) is 0.105. The van der Waals surface area contributed by atoms with Crippen LogP contribution in [0.15, 0.2) is 70.9 Å². The van der Waals surface area contributed by atoms with E-state index in [9.17, 15) is 20.1 Å². The highest BCUT2D eigenvalue weighted by Gasteiger charge is 2.45. The third-order valence-corrected chi connectivity index (χ3v) is 11.6. The van der Waals surface area contributed by atoms with Gasteiger partial charge in [0.05, 0.1) is 12.1 Å². The predicted octanol–water partition coefficient (Wildman–Crippen LogP) is 10.1. The summed E-state index contributed by atoms with van der Waals surface area (Å²) in [6, 6.07) is 23.6. The number of carbonyl (C=O) groups excluding carboxylic acids is 2. The molecule has 0 saturated carbocycles. The van der Waals surface area contributed by atoms with Gasteiger partial charge in [-0.3, -0.25) is 19.3 Å². The molecule has 0 spiro atoms. The van der Waals surface area contributed by atoms with E-state index in [0.29, 0.717) is 0 Å². The zero-order valence-electron chi connectivity index (χ0n) is 36.5. The van der Waals surface area contributed by atoms with Gasteiger partial charge in [0.25, 0.3) is 0 Å². The van der Waals surface area contributed by atoms with Crippen LogP contribution in [0.5, 0.6) is 0 Å². The fourth-order valence-electron chi connectivity index (χ4n) is 8.14. The number of azo groups is 1. The van der Waals surface area contributed by atoms with Gasteiger partial charge in [0.2, 0.25) is 0 Å². The van der Waals surface area contributed by atoms with E-state index >= 15 is 0 Å². The molecule has 2 aliphatic heterocycles. The maximum Gasteiger partial charge on any atom is 0.306 e. The van der Waals surface area contributed by atoms with E-state index in [2.05, 4.69) is 87.9 Å². The largest absolute Gasteiger partial charge is 0.462 e. The molecule has 0 aromatic heterocycles. The lowest BCUT2D eigenvalue weighted by Crippen LogP contribution is -2.58. The summed E-state index contributed by atoms with van der Waals surface area (Å²) in [6.45, 7) is 20.4. The summed E-state index contributed by atoms with van der Waals surface area (Å²) in [5, 5.41) is 32.8. The van der Waals surface area contributed by atoms with Crippen LogP contribution in [-0.2, 0) is 28.7 Å². The van der Waals surface area contributed by atoms with Gasteiger partial charge < -0.3 is 9.47 Å². The number of piperidine rings is 2. The van der Waals surface area contributed by atoms with E-state index < -0.39 is 35.2 Å². The molecule has 0 aliphatic carbocycles. The summed E-state index contributed by atoms with van der Waals surface area (Å²) in [4.78, 5) is 39.5. The molecule has 58 heavy (non-hydrogen) atoms. The molecule has 0 amide bonds. The molecule has 2 aliphatic rings. The maximum atomic E-state index is 13.1. The fraction of sp³-hybridized carbons (Fsp3) is 0.652. The van der Waals surface area contributed by atoms with Crippen LogP contribution in [0, 0.1) is 22.7 Å². The Hall–Kier alpha value is -4.20. The molecule has 2 heterocycles. The van der Waals surface area contributed by atoms with Crippen LogP contribution in [0.2, 0.25) is 0 Å². The highest BCUT2D eigenvalue weighted by Crippen LogP contribution is 2.42. The minimum absolute atomic E-state index is 0.00859. The van der Waals surface area contributed by atoms with Crippen molar-refractivity contribution in [3.8, 4) is 12.1 Å². The molecule has 2 saturated heterocycles. The Balaban J connectivity index is 1.33. The molecule has 12 nitrogen and oxygen atoms in total. The van der Waals surface area contributed by atoms with Gasteiger partial charge in [0.15, 0.2) is 11.1 Å². The van der Waals surface area contributed by atoms with Crippen LogP contribution in [0.1, 0.15) is 157 Å². The highest BCUT2D eigenvalue weighted by atomic mass is 16.7. The number of hydrogen-bond donors (Lipinski definition) is 0. The van der Waals surface area contributed by atoms with Gasteiger partial charge in [-0.2, -0.15) is 30.9 Å². The lowest BCUT2D eigenvalue weighted by atomic mass is 9.82. The van der Waals surface area contributed by atoms with Gasteiger partial charge >= 0.3 is 11.9 Å². The van der Waals surface area contributed by atoms with Gasteiger partial charge in [-0.25, -0.2) is 0 Å². The average molecular weight is 799 g/mol. The molecule has 316 valence electrons. The molecule has 2 aromatic rings. The Labute approximate surface area is 346 Å². The molecular weight excluding hydrogens is 733 g/mol. The first-order valence-electron chi connectivity index (χ1n) is 20.8. The molecule has 2 fully saturated rings. The van der Waals surface area contributed by atoms with Crippen molar-refractivity contribution in [2.75, 3.05) is 13.2 Å². The molecule has 2 aromatic carbocycles. The van der Waals surface area contributed by atoms with Gasteiger partial charge in [-0.1, -0.05) is 60.7 Å². The van der Waals surface area contributed by atoms with E-state index in [0.717, 1.165) is 49.7 Å². The molecule has 4 unspecified atom stereocenters. The van der Waals surface area contributed by atoms with Crippen molar-refractivity contribution in [2.45, 2.75) is 179 Å². The number of ether oxygens (including phenoxy) is 2. The van der Waals surface area contributed by atoms with Crippen LogP contribution < -0.4 is 0 Å². The Morgan fingerprint density at radius 2 is 0.931 bits per heavy atom. The number of hydroxylamine groups is 4. The van der Waals surface area contributed by atoms with Gasteiger partial charge in [-0.05, 0) is 132 Å². The first-order valence-corrected chi connectivity index (χ1v) is 20.8. The zero-order chi connectivity index (χ0) is 42.8. The summed E-state index contributed by atoms with van der Waals surface area (Å²) in [5.74, 6) is -1.01. The molecular formula is C46H66N6O6. The van der Waals surface area contributed by atoms with E-state index in [1.165, 1.54) is 0 Å². The molecule has 12 heteroatoms. The number of nitrogens with zero attached hydrogens (tertiary/aromatic N) is 6. The average Bonchev–Trinajstić information content (AvgIpc) is 3.17. The smallest absolute Gasteiger partial charge is 0.306 e. The van der Waals surface area contributed by atoms with Crippen molar-refractivity contribution >= 4 is 11.9 Å². The standard InChI is InChI=1S/C46H66N6O6/c1-41(2)25-17-26-42(3,4)51(41)57-37(35-19-13-11-14-20-35)31-55-39(53)23-29-45(9,33-47)49-50-46(10,34-48)30-24-40(54)56-32-38(36-21-15-12-16-22-36)58-52-43(5,6)27-18-28-44(52,7)8/h11-16,19-22,37-38H,17-18,23-32H2,1-10H3. The third-order valence-electron chi connectivity index (χ3n) is 11.6. The second-order valence-electron chi connectivity index (χ2n) is 18.9. The van der Waals surface area contributed by atoms with Crippen LogP contribution >= 0.6 is 0 Å². The summed E-state index contributed by atoms with van der Waals surface area (Å²) in [5.41, 5.74) is -1.89. The van der Waals surface area contributed by atoms with Gasteiger partial charge in [0.1, 0.15) is 25.4 Å². The summed E-state index contributed by atoms with van der Waals surface area (Å²) in [7, 11) is 0. The fourth-order valence-corrected chi connectivity index (χ4v) is 8.14. The Kier molecular flexibility index (Phi) is 15.4. The van der Waals surface area contributed by atoms with Crippen molar-refractivity contribution in [1.29, 1.82) is 10.5 Å². The lowest BCUT2D eigenvalue weighted by molar-refractivity contribution is -0.311. The van der Waals surface area contributed by atoms with Crippen LogP contribution in [0.25, 0.3) is 0 Å². The van der Waals surface area contributed by atoms with Crippen molar-refractivity contribution in [3.05, 3.63) is 71.8 Å². The zero-order valence-corrected chi connectivity index (χ0v) is 36.5. The number of nitriles is 2. The molecule has 4 atom stereocenters. The number of carbonyl (C=O) groups is 2. The lowest BCUT2D eigenvalue weighted by Gasteiger charge is -2.52. The molecule has 4 rings (SSSR count). The molecule has 0 N–H and O–H groups in total. The van der Waals surface area contributed by atoms with E-state index in [1.807, 2.05) is 60.7 Å². The van der Waals surface area contributed by atoms with Crippen LogP contribution in [-0.4, -0.2) is 68.5 Å². The minimum atomic E-state index is -1.41. The Bertz CT molecular complexity index is 1620. The first kappa shape index (κ1) is 46.5. The third kappa shape index (κ3) is 12.6. The van der Waals surface area contributed by atoms with E-state index in [1.54, 1.807) is 13.8 Å². The van der Waals surface area contributed by atoms with Crippen molar-refractivity contribution < 1.29 is 28.7 Å². The van der Waals surface area contributed by atoms with Gasteiger partial charge in [0, 0.05) is 35.0 Å². The van der Waals surface area contributed by atoms with Gasteiger partial charge in [-0.15, -0.1) is 0 Å². The Morgan fingerprint density at radius 1 is 0.621 bits per heavy atom. The number of hydrogen-bond acceptors (Lipinski definition) is 12. The SMILES string of the molecule is CC(C#N)(CCC(=O)OCC(ON1C(C)(C)CCCC1(C)C)c1ccccc1)N=NC(C)(C#N)CCC(=O)OCC(ON1C(C)(C)CCCC1(C)C)c1ccccc1. The normalized spacial score (nSPS) is 22.0. The topological polar surface area (TPSA) is 150 Å². The summed E-state index contributed by atoms with van der Waals surface area (Å²) in [6.07, 6.45) is 4.90. The number of benzene rings is 2. The van der Waals surface area contributed by atoms with E-state index in [-0.39, 0.29) is 61.1 Å². The maximum absolute atomic E-state index is 13.1.